The van der Waals surface area contributed by atoms with Crippen LogP contribution in [0.2, 0.25) is 0 Å². The molecule has 19 heavy (non-hydrogen) atoms. The van der Waals surface area contributed by atoms with Crippen molar-refractivity contribution in [3.63, 3.8) is 0 Å². The lowest BCUT2D eigenvalue weighted by atomic mass is 10.00. The lowest BCUT2D eigenvalue weighted by molar-refractivity contribution is 0.627. The third kappa shape index (κ3) is 3.47. The number of rotatable bonds is 3. The second-order valence-electron chi connectivity index (χ2n) is 4.85. The maximum Gasteiger partial charge on any atom is 0.124 e. The second kappa shape index (κ2) is 5.90. The van der Waals surface area contributed by atoms with E-state index in [1.54, 1.807) is 12.1 Å². The highest BCUT2D eigenvalue weighted by Gasteiger charge is 2.10. The molecule has 0 aliphatic rings. The van der Waals surface area contributed by atoms with Crippen LogP contribution in [0, 0.1) is 23.2 Å². The summed E-state index contributed by atoms with van der Waals surface area (Å²) >= 11 is 2.15. The van der Waals surface area contributed by atoms with E-state index in [1.165, 1.54) is 22.8 Å². The molecule has 1 atom stereocenters. The van der Waals surface area contributed by atoms with Gasteiger partial charge in [-0.2, -0.15) is 0 Å². The Morgan fingerprint density at radius 2 is 1.84 bits per heavy atom. The van der Waals surface area contributed by atoms with Crippen LogP contribution in [-0.4, -0.2) is 0 Å². The third-order valence-electron chi connectivity index (χ3n) is 3.20. The first-order valence-corrected chi connectivity index (χ1v) is 7.34. The van der Waals surface area contributed by atoms with Gasteiger partial charge in [0, 0.05) is 15.3 Å². The van der Waals surface area contributed by atoms with Gasteiger partial charge in [0.2, 0.25) is 0 Å². The van der Waals surface area contributed by atoms with Crippen molar-refractivity contribution in [1.82, 2.24) is 0 Å². The minimum Gasteiger partial charge on any atom is -0.378 e. The Kier molecular flexibility index (Phi) is 4.45. The zero-order valence-corrected chi connectivity index (χ0v) is 13.5. The number of anilines is 1. The Labute approximate surface area is 127 Å². The quantitative estimate of drug-likeness (QED) is 0.732. The zero-order chi connectivity index (χ0) is 14.0. The van der Waals surface area contributed by atoms with E-state index in [2.05, 4.69) is 66.9 Å². The predicted molar refractivity (Wildman–Crippen MR) is 87.1 cm³/mol. The molecule has 100 valence electrons. The second-order valence-corrected chi connectivity index (χ2v) is 6.01. The van der Waals surface area contributed by atoms with Crippen molar-refractivity contribution in [1.29, 1.82) is 0 Å². The van der Waals surface area contributed by atoms with Crippen molar-refractivity contribution in [2.24, 2.45) is 0 Å². The average Bonchev–Trinajstić information content (AvgIpc) is 2.35. The van der Waals surface area contributed by atoms with Gasteiger partial charge in [-0.1, -0.05) is 23.8 Å². The maximum absolute atomic E-state index is 13.1. The monoisotopic (exact) mass is 369 g/mol. The van der Waals surface area contributed by atoms with Gasteiger partial charge in [0.25, 0.3) is 0 Å². The first-order chi connectivity index (χ1) is 8.97. The SMILES string of the molecule is Cc1ccc(C)c(C(C)Nc2ccc(F)cc2I)c1. The van der Waals surface area contributed by atoms with Gasteiger partial charge in [0.1, 0.15) is 5.82 Å². The summed E-state index contributed by atoms with van der Waals surface area (Å²) in [5, 5.41) is 3.45. The molecule has 0 amide bonds. The van der Waals surface area contributed by atoms with Crippen molar-refractivity contribution in [2.45, 2.75) is 26.8 Å². The van der Waals surface area contributed by atoms with E-state index in [0.29, 0.717) is 0 Å². The van der Waals surface area contributed by atoms with Crippen LogP contribution in [-0.2, 0) is 0 Å². The molecule has 1 nitrogen and oxygen atoms in total. The maximum atomic E-state index is 13.1. The fraction of sp³-hybridized carbons (Fsp3) is 0.250. The van der Waals surface area contributed by atoms with Crippen LogP contribution in [0.3, 0.4) is 0 Å². The summed E-state index contributed by atoms with van der Waals surface area (Å²) in [6.45, 7) is 6.33. The van der Waals surface area contributed by atoms with Crippen LogP contribution in [0.15, 0.2) is 36.4 Å². The summed E-state index contributed by atoms with van der Waals surface area (Å²) in [5.74, 6) is -0.200. The summed E-state index contributed by atoms with van der Waals surface area (Å²) in [6.07, 6.45) is 0. The van der Waals surface area contributed by atoms with Gasteiger partial charge in [-0.15, -0.1) is 0 Å². The van der Waals surface area contributed by atoms with Gasteiger partial charge in [0.15, 0.2) is 0 Å². The van der Waals surface area contributed by atoms with Crippen LogP contribution in [0.25, 0.3) is 0 Å². The summed E-state index contributed by atoms with van der Waals surface area (Å²) < 4.78 is 14.0. The van der Waals surface area contributed by atoms with Crippen molar-refractivity contribution in [3.05, 3.63) is 62.5 Å². The van der Waals surface area contributed by atoms with Gasteiger partial charge < -0.3 is 5.32 Å². The minimum absolute atomic E-state index is 0.193. The van der Waals surface area contributed by atoms with Crippen molar-refractivity contribution in [2.75, 3.05) is 5.32 Å². The normalized spacial score (nSPS) is 12.3. The third-order valence-corrected chi connectivity index (χ3v) is 4.10. The minimum atomic E-state index is -0.200. The van der Waals surface area contributed by atoms with Gasteiger partial charge in [-0.3, -0.25) is 0 Å². The van der Waals surface area contributed by atoms with Crippen molar-refractivity contribution < 1.29 is 4.39 Å². The van der Waals surface area contributed by atoms with E-state index in [0.717, 1.165) is 9.26 Å². The highest BCUT2D eigenvalue weighted by Crippen LogP contribution is 2.26. The van der Waals surface area contributed by atoms with E-state index in [9.17, 15) is 4.39 Å². The Bertz CT molecular complexity index is 595. The number of hydrogen-bond acceptors (Lipinski definition) is 1. The molecule has 1 N–H and O–H groups in total. The molecule has 0 radical (unpaired) electrons. The molecule has 2 rings (SSSR count). The Balaban J connectivity index is 2.25. The molecule has 0 saturated heterocycles. The molecule has 0 bridgehead atoms. The Morgan fingerprint density at radius 3 is 2.53 bits per heavy atom. The van der Waals surface area contributed by atoms with E-state index in [-0.39, 0.29) is 11.9 Å². The summed E-state index contributed by atoms with van der Waals surface area (Å²) in [4.78, 5) is 0. The molecule has 0 saturated carbocycles. The number of nitrogens with one attached hydrogen (secondary N) is 1. The molecule has 0 fully saturated rings. The fourth-order valence-corrected chi connectivity index (χ4v) is 2.78. The topological polar surface area (TPSA) is 12.0 Å². The molecular formula is C16H17FIN. The number of benzene rings is 2. The molecular weight excluding hydrogens is 352 g/mol. The standard InChI is InChI=1S/C16H17FIN/c1-10-4-5-11(2)14(8-10)12(3)19-16-7-6-13(17)9-15(16)18/h4-9,12,19H,1-3H3. The molecule has 0 heterocycles. The van der Waals surface area contributed by atoms with E-state index in [1.807, 2.05) is 0 Å². The summed E-state index contributed by atoms with van der Waals surface area (Å²) in [7, 11) is 0. The van der Waals surface area contributed by atoms with Gasteiger partial charge in [0.05, 0.1) is 0 Å². The van der Waals surface area contributed by atoms with Crippen LogP contribution in [0.5, 0.6) is 0 Å². The van der Waals surface area contributed by atoms with Crippen LogP contribution in [0.1, 0.15) is 29.7 Å². The van der Waals surface area contributed by atoms with Crippen molar-refractivity contribution in [3.8, 4) is 0 Å². The smallest absolute Gasteiger partial charge is 0.124 e. The number of halogens is 2. The molecule has 0 spiro atoms. The Hall–Kier alpha value is -1.10. The van der Waals surface area contributed by atoms with E-state index in [4.69, 9.17) is 0 Å². The lowest BCUT2D eigenvalue weighted by Crippen LogP contribution is -2.09. The molecule has 1 unspecified atom stereocenters. The van der Waals surface area contributed by atoms with Crippen LogP contribution in [0.4, 0.5) is 10.1 Å². The highest BCUT2D eigenvalue weighted by atomic mass is 127. The largest absolute Gasteiger partial charge is 0.378 e. The van der Waals surface area contributed by atoms with E-state index >= 15 is 0 Å². The summed E-state index contributed by atoms with van der Waals surface area (Å²) in [5.41, 5.74) is 4.77. The van der Waals surface area contributed by atoms with Crippen molar-refractivity contribution >= 4 is 28.3 Å². The molecule has 0 aliphatic heterocycles. The van der Waals surface area contributed by atoms with Gasteiger partial charge >= 0.3 is 0 Å². The highest BCUT2D eigenvalue weighted by molar-refractivity contribution is 14.1. The average molecular weight is 369 g/mol. The van der Waals surface area contributed by atoms with Crippen LogP contribution >= 0.6 is 22.6 Å². The molecule has 2 aromatic rings. The van der Waals surface area contributed by atoms with Crippen LogP contribution < -0.4 is 5.32 Å². The molecule has 2 aromatic carbocycles. The number of hydrogen-bond donors (Lipinski definition) is 1. The first-order valence-electron chi connectivity index (χ1n) is 6.26. The molecule has 3 heteroatoms. The van der Waals surface area contributed by atoms with E-state index < -0.39 is 0 Å². The number of aryl methyl sites for hydroxylation is 2. The van der Waals surface area contributed by atoms with Gasteiger partial charge in [-0.05, 0) is 72.7 Å². The Morgan fingerprint density at radius 1 is 1.11 bits per heavy atom. The molecule has 0 aliphatic carbocycles. The molecule has 0 aromatic heterocycles. The summed E-state index contributed by atoms with van der Waals surface area (Å²) in [6, 6.07) is 11.5. The first kappa shape index (κ1) is 14.3. The lowest BCUT2D eigenvalue weighted by Gasteiger charge is -2.19. The predicted octanol–water partition coefficient (Wildman–Crippen LogP) is 5.22. The zero-order valence-electron chi connectivity index (χ0n) is 11.3. The fourth-order valence-electron chi connectivity index (χ4n) is 2.14. The van der Waals surface area contributed by atoms with Gasteiger partial charge in [-0.25, -0.2) is 4.39 Å².